The number of ether oxygens (including phenoxy) is 2. The van der Waals surface area contributed by atoms with E-state index in [1.54, 1.807) is 50.4 Å². The lowest BCUT2D eigenvalue weighted by Gasteiger charge is -2.40. The molecule has 1 atom stereocenters. The van der Waals surface area contributed by atoms with Crippen molar-refractivity contribution in [1.82, 2.24) is 9.80 Å². The first kappa shape index (κ1) is 27.9. The summed E-state index contributed by atoms with van der Waals surface area (Å²) in [7, 11) is 1.59. The number of hydrogen-bond donors (Lipinski definition) is 1. The Morgan fingerprint density at radius 2 is 1.24 bits per heavy atom. The van der Waals surface area contributed by atoms with Gasteiger partial charge < -0.3 is 19.7 Å². The molecule has 0 bridgehead atoms. The fourth-order valence-corrected chi connectivity index (χ4v) is 5.16. The van der Waals surface area contributed by atoms with Crippen LogP contribution < -0.4 is 14.8 Å². The minimum absolute atomic E-state index is 0.0970. The molecule has 0 aromatic heterocycles. The van der Waals surface area contributed by atoms with Crippen molar-refractivity contribution in [3.05, 3.63) is 126 Å². The van der Waals surface area contributed by atoms with Crippen molar-refractivity contribution in [2.75, 3.05) is 38.6 Å². The van der Waals surface area contributed by atoms with Crippen LogP contribution in [0, 0.1) is 0 Å². The van der Waals surface area contributed by atoms with Gasteiger partial charge in [0.2, 0.25) is 0 Å². The summed E-state index contributed by atoms with van der Waals surface area (Å²) in [5.41, 5.74) is 3.41. The number of carbonyl (C=O) groups excluding carboxylic acids is 2. The van der Waals surface area contributed by atoms with Crippen molar-refractivity contribution in [3.63, 3.8) is 0 Å². The summed E-state index contributed by atoms with van der Waals surface area (Å²) in [5.74, 6) is 0.832. The van der Waals surface area contributed by atoms with E-state index in [4.69, 9.17) is 9.47 Å². The van der Waals surface area contributed by atoms with Gasteiger partial charge in [0.1, 0.15) is 11.5 Å². The van der Waals surface area contributed by atoms with E-state index >= 15 is 0 Å². The molecule has 4 aromatic carbocycles. The highest BCUT2D eigenvalue weighted by atomic mass is 16.5. The van der Waals surface area contributed by atoms with Gasteiger partial charge in [-0.05, 0) is 54.4 Å². The first-order chi connectivity index (χ1) is 20.0. The molecule has 1 aliphatic heterocycles. The van der Waals surface area contributed by atoms with Crippen LogP contribution in [-0.2, 0) is 4.79 Å². The molecule has 1 aliphatic rings. The number of hydrogen-bond acceptors (Lipinski definition) is 5. The Hall–Kier alpha value is -4.62. The smallest absolute Gasteiger partial charge is 0.265 e. The second-order valence-corrected chi connectivity index (χ2v) is 10.0. The van der Waals surface area contributed by atoms with Crippen LogP contribution in [0.15, 0.2) is 109 Å². The minimum atomic E-state index is -0.761. The van der Waals surface area contributed by atoms with Crippen molar-refractivity contribution in [3.8, 4) is 11.5 Å². The van der Waals surface area contributed by atoms with Crippen molar-refractivity contribution in [2.45, 2.75) is 19.1 Å². The van der Waals surface area contributed by atoms with Crippen LogP contribution in [0.2, 0.25) is 0 Å². The fourth-order valence-electron chi connectivity index (χ4n) is 5.16. The Balaban J connectivity index is 1.24. The maximum absolute atomic E-state index is 13.7. The van der Waals surface area contributed by atoms with Crippen LogP contribution in [0.5, 0.6) is 11.5 Å². The number of carbonyl (C=O) groups is 2. The zero-order valence-corrected chi connectivity index (χ0v) is 23.4. The molecule has 1 fully saturated rings. The monoisotopic (exact) mass is 549 g/mol. The SMILES string of the molecule is COc1ccc(OC(C)C(=O)Nc2ccccc2C(=O)N2CCN(C(c3ccccc3)c3ccccc3)CC2)cc1. The van der Waals surface area contributed by atoms with E-state index in [1.165, 1.54) is 11.1 Å². The third-order valence-corrected chi connectivity index (χ3v) is 7.35. The molecule has 7 heteroatoms. The Morgan fingerprint density at radius 1 is 0.707 bits per heavy atom. The Labute approximate surface area is 241 Å². The largest absolute Gasteiger partial charge is 0.497 e. The number of nitrogens with one attached hydrogen (secondary N) is 1. The molecule has 0 spiro atoms. The second kappa shape index (κ2) is 13.2. The Morgan fingerprint density at radius 3 is 1.83 bits per heavy atom. The molecule has 1 unspecified atom stereocenters. The van der Waals surface area contributed by atoms with Crippen LogP contribution in [0.3, 0.4) is 0 Å². The van der Waals surface area contributed by atoms with Gasteiger partial charge >= 0.3 is 0 Å². The van der Waals surface area contributed by atoms with E-state index < -0.39 is 6.10 Å². The molecule has 1 saturated heterocycles. The maximum atomic E-state index is 13.7. The zero-order chi connectivity index (χ0) is 28.6. The topological polar surface area (TPSA) is 71.1 Å². The van der Waals surface area contributed by atoms with Gasteiger partial charge in [-0.25, -0.2) is 0 Å². The van der Waals surface area contributed by atoms with Crippen molar-refractivity contribution < 1.29 is 19.1 Å². The molecule has 210 valence electrons. The Bertz CT molecular complexity index is 1400. The van der Waals surface area contributed by atoms with Gasteiger partial charge in [0.15, 0.2) is 6.10 Å². The van der Waals surface area contributed by atoms with Crippen LogP contribution in [0.1, 0.15) is 34.5 Å². The van der Waals surface area contributed by atoms with Crippen molar-refractivity contribution in [2.24, 2.45) is 0 Å². The number of nitrogens with zero attached hydrogens (tertiary/aromatic N) is 2. The average molecular weight is 550 g/mol. The van der Waals surface area contributed by atoms with Crippen LogP contribution >= 0.6 is 0 Å². The molecule has 1 heterocycles. The normalized spacial score (nSPS) is 14.4. The average Bonchev–Trinajstić information content (AvgIpc) is 3.03. The zero-order valence-electron chi connectivity index (χ0n) is 23.4. The molecular weight excluding hydrogens is 514 g/mol. The highest BCUT2D eigenvalue weighted by Crippen LogP contribution is 2.30. The molecule has 7 nitrogen and oxygen atoms in total. The number of piperazine rings is 1. The molecule has 1 N–H and O–H groups in total. The van der Waals surface area contributed by atoms with E-state index in [-0.39, 0.29) is 17.9 Å². The predicted octanol–water partition coefficient (Wildman–Crippen LogP) is 5.65. The second-order valence-electron chi connectivity index (χ2n) is 10.0. The summed E-state index contributed by atoms with van der Waals surface area (Å²) in [6, 6.07) is 35.3. The summed E-state index contributed by atoms with van der Waals surface area (Å²) in [6.07, 6.45) is -0.761. The molecule has 0 aliphatic carbocycles. The number of benzene rings is 4. The fraction of sp³-hybridized carbons (Fsp3) is 0.235. The molecule has 2 amide bonds. The third-order valence-electron chi connectivity index (χ3n) is 7.35. The van der Waals surface area contributed by atoms with Gasteiger partial charge in [-0.2, -0.15) is 0 Å². The Kier molecular flexibility index (Phi) is 8.96. The van der Waals surface area contributed by atoms with Crippen LogP contribution in [-0.4, -0.2) is 61.0 Å². The summed E-state index contributed by atoms with van der Waals surface area (Å²) in [4.78, 5) is 30.9. The first-order valence-electron chi connectivity index (χ1n) is 13.9. The molecule has 4 aromatic rings. The van der Waals surface area contributed by atoms with Crippen molar-refractivity contribution >= 4 is 17.5 Å². The van der Waals surface area contributed by atoms with E-state index in [9.17, 15) is 9.59 Å². The standard InChI is InChI=1S/C34H35N3O4/c1-25(41-29-19-17-28(40-2)18-20-29)33(38)35-31-16-10-9-15-30(31)34(39)37-23-21-36(22-24-37)32(26-11-5-3-6-12-26)27-13-7-4-8-14-27/h3-20,25,32H,21-24H2,1-2H3,(H,35,38). The lowest BCUT2D eigenvalue weighted by atomic mass is 9.96. The van der Waals surface area contributed by atoms with Crippen molar-refractivity contribution in [1.29, 1.82) is 0 Å². The third kappa shape index (κ3) is 6.76. The van der Waals surface area contributed by atoms with Crippen LogP contribution in [0.25, 0.3) is 0 Å². The van der Waals surface area contributed by atoms with Gasteiger partial charge in [0.05, 0.1) is 24.4 Å². The number of amides is 2. The maximum Gasteiger partial charge on any atom is 0.265 e. The van der Waals surface area contributed by atoms with Gasteiger partial charge in [0.25, 0.3) is 11.8 Å². The molecule has 41 heavy (non-hydrogen) atoms. The molecule has 0 saturated carbocycles. The van der Waals surface area contributed by atoms with Gasteiger partial charge in [0, 0.05) is 26.2 Å². The number of anilines is 1. The predicted molar refractivity (Wildman–Crippen MR) is 160 cm³/mol. The number of rotatable bonds is 9. The summed E-state index contributed by atoms with van der Waals surface area (Å²) in [5, 5.41) is 2.90. The van der Waals surface area contributed by atoms with E-state index in [0.717, 1.165) is 13.1 Å². The van der Waals surface area contributed by atoms with E-state index in [0.29, 0.717) is 35.8 Å². The lowest BCUT2D eigenvalue weighted by Crippen LogP contribution is -2.50. The highest BCUT2D eigenvalue weighted by Gasteiger charge is 2.29. The number of methoxy groups -OCH3 is 1. The summed E-state index contributed by atoms with van der Waals surface area (Å²) in [6.45, 7) is 4.34. The quantitative estimate of drug-likeness (QED) is 0.292. The molecular formula is C34H35N3O4. The minimum Gasteiger partial charge on any atom is -0.497 e. The van der Waals surface area contributed by atoms with Gasteiger partial charge in [-0.15, -0.1) is 0 Å². The number of para-hydroxylation sites is 1. The summed E-state index contributed by atoms with van der Waals surface area (Å²) < 4.78 is 11.0. The van der Waals surface area contributed by atoms with E-state index in [1.807, 2.05) is 29.2 Å². The van der Waals surface area contributed by atoms with Crippen LogP contribution in [0.4, 0.5) is 5.69 Å². The van der Waals surface area contributed by atoms with E-state index in [2.05, 4.69) is 58.7 Å². The van der Waals surface area contributed by atoms with Gasteiger partial charge in [-0.3, -0.25) is 14.5 Å². The lowest BCUT2D eigenvalue weighted by molar-refractivity contribution is -0.122. The summed E-state index contributed by atoms with van der Waals surface area (Å²) >= 11 is 0. The molecule has 0 radical (unpaired) electrons. The highest BCUT2D eigenvalue weighted by molar-refractivity contribution is 6.04. The molecule has 5 rings (SSSR count). The van der Waals surface area contributed by atoms with Gasteiger partial charge in [-0.1, -0.05) is 72.8 Å². The first-order valence-corrected chi connectivity index (χ1v) is 13.9.